The predicted octanol–water partition coefficient (Wildman–Crippen LogP) is 5.29. The van der Waals surface area contributed by atoms with Crippen LogP contribution in [0.1, 0.15) is 68.6 Å². The Morgan fingerprint density at radius 1 is 1.09 bits per heavy atom. The van der Waals surface area contributed by atoms with Gasteiger partial charge in [0, 0.05) is 12.1 Å². The number of esters is 1. The van der Waals surface area contributed by atoms with Crippen molar-refractivity contribution in [2.45, 2.75) is 52.5 Å². The molecule has 1 heterocycles. The van der Waals surface area contributed by atoms with Gasteiger partial charge in [0.25, 0.3) is 5.91 Å². The maximum Gasteiger partial charge on any atom is 0.337 e. The molecule has 0 saturated carbocycles. The average molecular weight is 450 g/mol. The average Bonchev–Trinajstić information content (AvgIpc) is 3.03. The van der Waals surface area contributed by atoms with Crippen molar-refractivity contribution in [1.29, 1.82) is 0 Å². The van der Waals surface area contributed by atoms with Crippen LogP contribution in [0.3, 0.4) is 0 Å². The minimum Gasteiger partial charge on any atom is -0.503 e. The first kappa shape index (κ1) is 24.2. The van der Waals surface area contributed by atoms with Crippen molar-refractivity contribution in [3.05, 3.63) is 76.6 Å². The number of amides is 1. The van der Waals surface area contributed by atoms with Gasteiger partial charge >= 0.3 is 5.97 Å². The highest BCUT2D eigenvalue weighted by molar-refractivity contribution is 6.16. The Balaban J connectivity index is 2.15. The number of Topliss-reactive ketones (excluding diaryl/α,β-unsaturated/α-hetero) is 1. The van der Waals surface area contributed by atoms with Crippen LogP contribution in [0.2, 0.25) is 0 Å². The second-order valence-electron chi connectivity index (χ2n) is 9.78. The van der Waals surface area contributed by atoms with E-state index in [9.17, 15) is 19.5 Å². The van der Waals surface area contributed by atoms with Gasteiger partial charge in [-0.05, 0) is 40.7 Å². The monoisotopic (exact) mass is 449 g/mol. The van der Waals surface area contributed by atoms with Crippen molar-refractivity contribution in [1.82, 2.24) is 0 Å². The maximum absolute atomic E-state index is 13.2. The van der Waals surface area contributed by atoms with Gasteiger partial charge in [-0.2, -0.15) is 0 Å². The molecule has 0 aromatic heterocycles. The summed E-state index contributed by atoms with van der Waals surface area (Å²) >= 11 is 0. The quantitative estimate of drug-likeness (QED) is 0.606. The van der Waals surface area contributed by atoms with Gasteiger partial charge in [-0.3, -0.25) is 14.5 Å². The van der Waals surface area contributed by atoms with Gasteiger partial charge in [-0.15, -0.1) is 0 Å². The number of benzene rings is 2. The Labute approximate surface area is 194 Å². The maximum atomic E-state index is 13.2. The Kier molecular flexibility index (Phi) is 6.77. The molecule has 1 amide bonds. The molecule has 174 valence electrons. The van der Waals surface area contributed by atoms with Crippen LogP contribution in [0, 0.1) is 5.92 Å². The molecule has 1 aliphatic heterocycles. The molecule has 6 nitrogen and oxygen atoms in total. The van der Waals surface area contributed by atoms with E-state index in [1.165, 1.54) is 18.1 Å². The fourth-order valence-electron chi connectivity index (χ4n) is 4.02. The zero-order valence-corrected chi connectivity index (χ0v) is 20.0. The second-order valence-corrected chi connectivity index (χ2v) is 9.78. The van der Waals surface area contributed by atoms with E-state index in [-0.39, 0.29) is 34.7 Å². The lowest BCUT2D eigenvalue weighted by atomic mass is 9.85. The summed E-state index contributed by atoms with van der Waals surface area (Å²) in [5.41, 5.74) is 2.50. The third-order valence-electron chi connectivity index (χ3n) is 5.74. The second kappa shape index (κ2) is 9.22. The largest absolute Gasteiger partial charge is 0.503 e. The molecule has 1 unspecified atom stereocenters. The summed E-state index contributed by atoms with van der Waals surface area (Å²) in [6, 6.07) is 13.3. The van der Waals surface area contributed by atoms with Crippen LogP contribution >= 0.6 is 0 Å². The van der Waals surface area contributed by atoms with E-state index in [2.05, 4.69) is 20.8 Å². The van der Waals surface area contributed by atoms with E-state index in [1.54, 1.807) is 18.2 Å². The van der Waals surface area contributed by atoms with E-state index in [4.69, 9.17) is 4.74 Å². The van der Waals surface area contributed by atoms with Crippen LogP contribution in [-0.2, 0) is 19.7 Å². The van der Waals surface area contributed by atoms with E-state index >= 15 is 0 Å². The summed E-state index contributed by atoms with van der Waals surface area (Å²) < 4.78 is 4.81. The van der Waals surface area contributed by atoms with E-state index < -0.39 is 23.7 Å². The number of methoxy groups -OCH3 is 1. The molecule has 0 radical (unpaired) electrons. The van der Waals surface area contributed by atoms with Gasteiger partial charge in [0.15, 0.2) is 11.5 Å². The van der Waals surface area contributed by atoms with Gasteiger partial charge in [0.1, 0.15) is 0 Å². The van der Waals surface area contributed by atoms with E-state index in [1.807, 2.05) is 38.1 Å². The summed E-state index contributed by atoms with van der Waals surface area (Å²) in [6.45, 7) is 10.1. The normalized spacial score (nSPS) is 16.5. The summed E-state index contributed by atoms with van der Waals surface area (Å²) in [6.07, 6.45) is 0.208. The number of hydrogen-bond donors (Lipinski definition) is 1. The Bertz CT molecular complexity index is 1110. The highest BCUT2D eigenvalue weighted by Gasteiger charge is 2.44. The predicted molar refractivity (Wildman–Crippen MR) is 127 cm³/mol. The number of carbonyl (C=O) groups is 3. The molecular weight excluding hydrogens is 418 g/mol. The molecule has 6 heteroatoms. The number of nitrogens with zero attached hydrogens (tertiary/aromatic N) is 1. The zero-order chi connectivity index (χ0) is 24.5. The molecule has 3 rings (SSSR count). The van der Waals surface area contributed by atoms with Crippen molar-refractivity contribution >= 4 is 23.3 Å². The molecule has 0 saturated heterocycles. The summed E-state index contributed by atoms with van der Waals surface area (Å²) in [5, 5.41) is 10.8. The number of anilines is 1. The summed E-state index contributed by atoms with van der Waals surface area (Å²) in [4.78, 5) is 39.8. The van der Waals surface area contributed by atoms with Crippen LogP contribution in [0.5, 0.6) is 0 Å². The number of rotatable bonds is 6. The molecule has 0 bridgehead atoms. The van der Waals surface area contributed by atoms with Gasteiger partial charge in [-0.25, -0.2) is 4.79 Å². The lowest BCUT2D eigenvalue weighted by molar-refractivity contribution is -0.118. The number of aliphatic hydroxyl groups is 1. The Morgan fingerprint density at radius 3 is 2.27 bits per heavy atom. The minimum atomic E-state index is -0.800. The standard InChI is InChI=1S/C27H31NO5/c1-16(2)14-21(29)22-23(17-10-12-19(13-11-17)27(3,4)5)28(25(31)24(22)30)20-9-7-8-18(15-20)26(32)33-6/h7-13,15-16,23,30H,14H2,1-6H3. The number of aliphatic hydroxyl groups excluding tert-OH is 1. The summed E-state index contributed by atoms with van der Waals surface area (Å²) in [5.74, 6) is -1.97. The van der Waals surface area contributed by atoms with Crippen molar-refractivity contribution in [3.63, 3.8) is 0 Å². The third-order valence-corrected chi connectivity index (χ3v) is 5.74. The van der Waals surface area contributed by atoms with Crippen LogP contribution in [-0.4, -0.2) is 29.9 Å². The lowest BCUT2D eigenvalue weighted by Gasteiger charge is -2.28. The van der Waals surface area contributed by atoms with Crippen LogP contribution in [0.15, 0.2) is 59.9 Å². The Hall–Kier alpha value is -3.41. The SMILES string of the molecule is COC(=O)c1cccc(N2C(=O)C(O)=C(C(=O)CC(C)C)C2c2ccc(C(C)(C)C)cc2)c1. The first-order chi connectivity index (χ1) is 15.5. The number of ether oxygens (including phenoxy) is 1. The number of carbonyl (C=O) groups excluding carboxylic acids is 3. The lowest BCUT2D eigenvalue weighted by Crippen LogP contribution is -2.31. The van der Waals surface area contributed by atoms with Crippen molar-refractivity contribution in [2.24, 2.45) is 5.92 Å². The molecule has 0 aliphatic carbocycles. The molecule has 0 fully saturated rings. The zero-order valence-electron chi connectivity index (χ0n) is 20.0. The minimum absolute atomic E-state index is 0.0627. The first-order valence-electron chi connectivity index (χ1n) is 11.0. The summed E-state index contributed by atoms with van der Waals surface area (Å²) in [7, 11) is 1.28. The molecule has 1 aliphatic rings. The van der Waals surface area contributed by atoms with Crippen LogP contribution in [0.4, 0.5) is 5.69 Å². The van der Waals surface area contributed by atoms with E-state index in [0.717, 1.165) is 5.56 Å². The fourth-order valence-corrected chi connectivity index (χ4v) is 4.02. The highest BCUT2D eigenvalue weighted by atomic mass is 16.5. The number of ketones is 1. The molecule has 1 atom stereocenters. The molecule has 33 heavy (non-hydrogen) atoms. The van der Waals surface area contributed by atoms with Gasteiger partial charge < -0.3 is 9.84 Å². The third kappa shape index (κ3) is 4.85. The highest BCUT2D eigenvalue weighted by Crippen LogP contribution is 2.42. The molecular formula is C27H31NO5. The van der Waals surface area contributed by atoms with Gasteiger partial charge in [0.05, 0.1) is 24.3 Å². The first-order valence-corrected chi connectivity index (χ1v) is 11.0. The molecule has 2 aromatic carbocycles. The Morgan fingerprint density at radius 2 is 1.73 bits per heavy atom. The van der Waals surface area contributed by atoms with Crippen LogP contribution < -0.4 is 4.90 Å². The topological polar surface area (TPSA) is 83.9 Å². The van der Waals surface area contributed by atoms with Crippen LogP contribution in [0.25, 0.3) is 0 Å². The number of hydrogen-bond acceptors (Lipinski definition) is 5. The molecule has 1 N–H and O–H groups in total. The van der Waals surface area contributed by atoms with Crippen molar-refractivity contribution < 1.29 is 24.2 Å². The fraction of sp³-hybridized carbons (Fsp3) is 0.370. The van der Waals surface area contributed by atoms with Crippen molar-refractivity contribution in [3.8, 4) is 0 Å². The molecule has 2 aromatic rings. The van der Waals surface area contributed by atoms with E-state index in [0.29, 0.717) is 11.3 Å². The molecule has 0 spiro atoms. The van der Waals surface area contributed by atoms with Gasteiger partial charge in [0.2, 0.25) is 0 Å². The van der Waals surface area contributed by atoms with Crippen molar-refractivity contribution in [2.75, 3.05) is 12.0 Å². The smallest absolute Gasteiger partial charge is 0.337 e. The van der Waals surface area contributed by atoms with Gasteiger partial charge in [-0.1, -0.05) is 65.0 Å².